The number of carboxylic acid groups (broad SMARTS) is 1. The Morgan fingerprint density at radius 3 is 3.23 bits per heavy atom. The van der Waals surface area contributed by atoms with Crippen molar-refractivity contribution in [2.45, 2.75) is 18.9 Å². The second-order valence-corrected chi connectivity index (χ2v) is 3.02. The van der Waals surface area contributed by atoms with Crippen LogP contribution in [0.25, 0.3) is 0 Å². The molecule has 1 aliphatic heterocycles. The molecule has 0 bridgehead atoms. The lowest BCUT2D eigenvalue weighted by Crippen LogP contribution is -2.36. The number of rotatable bonds is 2. The van der Waals surface area contributed by atoms with Gasteiger partial charge in [0.2, 0.25) is 0 Å². The molecule has 1 aromatic rings. The molecule has 6 nitrogen and oxygen atoms in total. The van der Waals surface area contributed by atoms with Gasteiger partial charge in [0.25, 0.3) is 0 Å². The molecule has 13 heavy (non-hydrogen) atoms. The quantitative estimate of drug-likeness (QED) is 0.665. The number of anilines is 1. The van der Waals surface area contributed by atoms with Crippen molar-refractivity contribution in [1.82, 2.24) is 15.4 Å². The Kier molecular flexibility index (Phi) is 1.88. The predicted octanol–water partition coefficient (Wildman–Crippen LogP) is -0.142. The van der Waals surface area contributed by atoms with E-state index in [1.807, 2.05) is 0 Å². The number of aromatic amines is 1. The third kappa shape index (κ3) is 1.34. The van der Waals surface area contributed by atoms with Crippen LogP contribution in [0.5, 0.6) is 0 Å². The predicted molar refractivity (Wildman–Crippen MR) is 44.4 cm³/mol. The van der Waals surface area contributed by atoms with Crippen molar-refractivity contribution < 1.29 is 9.90 Å². The van der Waals surface area contributed by atoms with Gasteiger partial charge < -0.3 is 10.0 Å². The largest absolute Gasteiger partial charge is 0.480 e. The Labute approximate surface area is 74.6 Å². The van der Waals surface area contributed by atoms with Gasteiger partial charge in [0.1, 0.15) is 6.04 Å². The third-order valence-corrected chi connectivity index (χ3v) is 2.23. The highest BCUT2D eigenvalue weighted by atomic mass is 16.4. The summed E-state index contributed by atoms with van der Waals surface area (Å²) >= 11 is 0. The van der Waals surface area contributed by atoms with Crippen LogP contribution < -0.4 is 4.90 Å². The lowest BCUT2D eigenvalue weighted by Gasteiger charge is -2.19. The Bertz CT molecular complexity index is 297. The number of hydrogen-bond donors (Lipinski definition) is 2. The number of carbonyl (C=O) groups is 1. The summed E-state index contributed by atoms with van der Waals surface area (Å²) in [5, 5.41) is 18.9. The van der Waals surface area contributed by atoms with Crippen LogP contribution in [0.15, 0.2) is 6.20 Å². The number of carboxylic acids is 1. The Morgan fingerprint density at radius 2 is 2.62 bits per heavy atom. The molecule has 0 spiro atoms. The molecule has 0 aliphatic carbocycles. The maximum absolute atomic E-state index is 10.8. The minimum atomic E-state index is -0.791. The average Bonchev–Trinajstić information content (AvgIpc) is 2.74. The zero-order valence-electron chi connectivity index (χ0n) is 6.97. The van der Waals surface area contributed by atoms with Crippen molar-refractivity contribution in [2.75, 3.05) is 11.4 Å². The summed E-state index contributed by atoms with van der Waals surface area (Å²) in [7, 11) is 0. The summed E-state index contributed by atoms with van der Waals surface area (Å²) in [6.07, 6.45) is 3.12. The number of H-pyrrole nitrogens is 1. The first kappa shape index (κ1) is 8.03. The number of aromatic nitrogens is 3. The zero-order chi connectivity index (χ0) is 9.26. The summed E-state index contributed by atoms with van der Waals surface area (Å²) in [6.45, 7) is 0.740. The average molecular weight is 182 g/mol. The minimum absolute atomic E-state index is 0.440. The van der Waals surface area contributed by atoms with Crippen molar-refractivity contribution in [1.29, 1.82) is 0 Å². The lowest BCUT2D eigenvalue weighted by atomic mass is 10.2. The summed E-state index contributed by atoms with van der Waals surface area (Å²) in [5.74, 6) is -0.176. The molecule has 2 rings (SSSR count). The Balaban J connectivity index is 2.19. The molecule has 2 heterocycles. The van der Waals surface area contributed by atoms with Crippen molar-refractivity contribution in [3.8, 4) is 0 Å². The van der Waals surface area contributed by atoms with E-state index < -0.39 is 12.0 Å². The van der Waals surface area contributed by atoms with Crippen LogP contribution in [0.1, 0.15) is 12.8 Å². The summed E-state index contributed by atoms with van der Waals surface area (Å²) < 4.78 is 0. The van der Waals surface area contributed by atoms with Crippen LogP contribution in [0.3, 0.4) is 0 Å². The number of nitrogens with one attached hydrogen (secondary N) is 1. The van der Waals surface area contributed by atoms with Gasteiger partial charge in [-0.05, 0) is 12.8 Å². The fourth-order valence-electron chi connectivity index (χ4n) is 1.63. The maximum atomic E-state index is 10.8. The molecule has 1 atom stereocenters. The van der Waals surface area contributed by atoms with Crippen LogP contribution in [-0.2, 0) is 4.79 Å². The number of hydrogen-bond acceptors (Lipinski definition) is 4. The second kappa shape index (κ2) is 3.04. The summed E-state index contributed by atoms with van der Waals surface area (Å²) in [6, 6.07) is -0.440. The number of aliphatic carboxylic acids is 1. The van der Waals surface area contributed by atoms with Gasteiger partial charge in [-0.2, -0.15) is 10.3 Å². The molecule has 1 aliphatic rings. The molecule has 2 N–H and O–H groups in total. The molecular formula is C7H10N4O2. The van der Waals surface area contributed by atoms with E-state index in [1.54, 1.807) is 11.1 Å². The summed E-state index contributed by atoms with van der Waals surface area (Å²) in [4.78, 5) is 12.6. The first-order valence-electron chi connectivity index (χ1n) is 4.14. The van der Waals surface area contributed by atoms with Crippen molar-refractivity contribution in [3.05, 3.63) is 6.20 Å². The van der Waals surface area contributed by atoms with Crippen molar-refractivity contribution in [3.63, 3.8) is 0 Å². The fraction of sp³-hybridized carbons (Fsp3) is 0.571. The highest BCUT2D eigenvalue weighted by molar-refractivity contribution is 5.78. The normalized spacial score (nSPS) is 22.2. The minimum Gasteiger partial charge on any atom is -0.480 e. The van der Waals surface area contributed by atoms with E-state index in [2.05, 4.69) is 15.4 Å². The standard InChI is InChI=1S/C7H10N4O2/c12-7(13)5-2-1-3-11(5)6-4-8-10-9-6/h4-5H,1-3H2,(H,12,13)(H,8,9,10). The van der Waals surface area contributed by atoms with Gasteiger partial charge in [-0.15, -0.1) is 5.10 Å². The molecule has 1 aromatic heterocycles. The van der Waals surface area contributed by atoms with E-state index in [-0.39, 0.29) is 0 Å². The van der Waals surface area contributed by atoms with E-state index in [4.69, 9.17) is 5.11 Å². The van der Waals surface area contributed by atoms with Crippen molar-refractivity contribution in [2.24, 2.45) is 0 Å². The van der Waals surface area contributed by atoms with Crippen LogP contribution in [0.2, 0.25) is 0 Å². The van der Waals surface area contributed by atoms with Crippen LogP contribution >= 0.6 is 0 Å². The van der Waals surface area contributed by atoms with E-state index in [0.717, 1.165) is 13.0 Å². The molecule has 70 valence electrons. The van der Waals surface area contributed by atoms with Gasteiger partial charge >= 0.3 is 5.97 Å². The first-order chi connectivity index (χ1) is 6.29. The SMILES string of the molecule is O=C(O)C1CCCN1c1cn[nH]n1. The van der Waals surface area contributed by atoms with Gasteiger partial charge in [0, 0.05) is 6.54 Å². The lowest BCUT2D eigenvalue weighted by molar-refractivity contribution is -0.138. The van der Waals surface area contributed by atoms with E-state index in [0.29, 0.717) is 12.2 Å². The molecule has 1 unspecified atom stereocenters. The van der Waals surface area contributed by atoms with E-state index in [1.165, 1.54) is 0 Å². The van der Waals surface area contributed by atoms with Gasteiger partial charge in [0.05, 0.1) is 6.20 Å². The smallest absolute Gasteiger partial charge is 0.326 e. The van der Waals surface area contributed by atoms with Gasteiger partial charge in [-0.1, -0.05) is 0 Å². The zero-order valence-corrected chi connectivity index (χ0v) is 6.97. The highest BCUT2D eigenvalue weighted by Gasteiger charge is 2.31. The monoisotopic (exact) mass is 182 g/mol. The highest BCUT2D eigenvalue weighted by Crippen LogP contribution is 2.22. The van der Waals surface area contributed by atoms with Gasteiger partial charge in [0.15, 0.2) is 5.82 Å². The Morgan fingerprint density at radius 1 is 1.77 bits per heavy atom. The molecule has 0 aromatic carbocycles. The van der Waals surface area contributed by atoms with E-state index in [9.17, 15) is 4.79 Å². The molecule has 6 heteroatoms. The molecule has 1 saturated heterocycles. The fourth-order valence-corrected chi connectivity index (χ4v) is 1.63. The summed E-state index contributed by atoms with van der Waals surface area (Å²) in [5.41, 5.74) is 0. The molecule has 0 amide bonds. The maximum Gasteiger partial charge on any atom is 0.326 e. The van der Waals surface area contributed by atoms with Gasteiger partial charge in [-0.3, -0.25) is 0 Å². The molecule has 0 saturated carbocycles. The second-order valence-electron chi connectivity index (χ2n) is 3.02. The third-order valence-electron chi connectivity index (χ3n) is 2.23. The van der Waals surface area contributed by atoms with Gasteiger partial charge in [-0.25, -0.2) is 4.79 Å². The molecular weight excluding hydrogens is 172 g/mol. The van der Waals surface area contributed by atoms with Crippen LogP contribution in [0.4, 0.5) is 5.82 Å². The van der Waals surface area contributed by atoms with E-state index >= 15 is 0 Å². The topological polar surface area (TPSA) is 82.1 Å². The van der Waals surface area contributed by atoms with Crippen LogP contribution in [0, 0.1) is 0 Å². The number of nitrogens with zero attached hydrogens (tertiary/aromatic N) is 3. The van der Waals surface area contributed by atoms with Crippen LogP contribution in [-0.4, -0.2) is 39.1 Å². The first-order valence-corrected chi connectivity index (χ1v) is 4.14. The Hall–Kier alpha value is -1.59. The van der Waals surface area contributed by atoms with Crippen molar-refractivity contribution >= 4 is 11.8 Å². The molecule has 1 fully saturated rings. The molecule has 0 radical (unpaired) electrons.